The number of aliphatic carboxylic acids is 1. The molecular weight excluding hydrogens is 256 g/mol. The van der Waals surface area contributed by atoms with Crippen molar-refractivity contribution >= 4 is 5.97 Å². The van der Waals surface area contributed by atoms with Gasteiger partial charge >= 0.3 is 5.97 Å². The van der Waals surface area contributed by atoms with E-state index in [0.717, 1.165) is 12.2 Å². The van der Waals surface area contributed by atoms with Gasteiger partial charge in [0.2, 0.25) is 0 Å². The lowest BCUT2D eigenvalue weighted by Crippen LogP contribution is -2.13. The lowest BCUT2D eigenvalue weighted by molar-refractivity contribution is -0.148. The van der Waals surface area contributed by atoms with Gasteiger partial charge in [0.15, 0.2) is 6.10 Å². The van der Waals surface area contributed by atoms with Crippen LogP contribution >= 0.6 is 0 Å². The van der Waals surface area contributed by atoms with Crippen LogP contribution in [0.2, 0.25) is 0 Å². The van der Waals surface area contributed by atoms with Gasteiger partial charge in [0, 0.05) is 7.11 Å². The molecule has 1 atom stereocenters. The fourth-order valence-corrected chi connectivity index (χ4v) is 2.01. The van der Waals surface area contributed by atoms with Gasteiger partial charge < -0.3 is 14.6 Å². The molecule has 0 radical (unpaired) electrons. The van der Waals surface area contributed by atoms with Crippen LogP contribution in [-0.4, -0.2) is 24.8 Å². The number of ether oxygens (including phenoxy) is 2. The lowest BCUT2D eigenvalue weighted by Gasteiger charge is -2.11. The predicted molar refractivity (Wildman–Crippen MR) is 78.1 cm³/mol. The number of hydrogen-bond donors (Lipinski definition) is 1. The van der Waals surface area contributed by atoms with Crippen molar-refractivity contribution in [2.45, 2.75) is 45.1 Å². The zero-order chi connectivity index (χ0) is 14.8. The number of benzene rings is 1. The van der Waals surface area contributed by atoms with E-state index in [2.05, 4.69) is 6.92 Å². The van der Waals surface area contributed by atoms with Crippen LogP contribution < -0.4 is 4.74 Å². The van der Waals surface area contributed by atoms with Crippen LogP contribution in [0.1, 0.15) is 50.7 Å². The van der Waals surface area contributed by atoms with Crippen LogP contribution in [0.15, 0.2) is 24.3 Å². The summed E-state index contributed by atoms with van der Waals surface area (Å²) in [5.41, 5.74) is 0.621. The standard InChI is InChI=1S/C16H24O4/c1-3-4-5-6-7-12-20-14-10-8-13(9-11-14)15(19-2)16(17)18/h8-11,15H,3-7,12H2,1-2H3,(H,17,18). The maximum Gasteiger partial charge on any atom is 0.337 e. The van der Waals surface area contributed by atoms with E-state index >= 15 is 0 Å². The van der Waals surface area contributed by atoms with Gasteiger partial charge in [-0.2, -0.15) is 0 Å². The predicted octanol–water partition coefficient (Wildman–Crippen LogP) is 3.81. The van der Waals surface area contributed by atoms with Crippen molar-refractivity contribution < 1.29 is 19.4 Å². The summed E-state index contributed by atoms with van der Waals surface area (Å²) in [6, 6.07) is 7.04. The van der Waals surface area contributed by atoms with Gasteiger partial charge in [-0.15, -0.1) is 0 Å². The first-order valence-electron chi connectivity index (χ1n) is 7.17. The van der Waals surface area contributed by atoms with E-state index < -0.39 is 12.1 Å². The average molecular weight is 280 g/mol. The van der Waals surface area contributed by atoms with E-state index in [1.807, 2.05) is 0 Å². The highest BCUT2D eigenvalue weighted by atomic mass is 16.5. The van der Waals surface area contributed by atoms with Crippen LogP contribution in [0.3, 0.4) is 0 Å². The molecule has 1 aromatic rings. The number of methoxy groups -OCH3 is 1. The summed E-state index contributed by atoms with van der Waals surface area (Å²) in [5, 5.41) is 8.98. The molecule has 1 unspecified atom stereocenters. The Morgan fingerprint density at radius 3 is 2.35 bits per heavy atom. The molecule has 0 spiro atoms. The molecular formula is C16H24O4. The summed E-state index contributed by atoms with van der Waals surface area (Å²) in [6.07, 6.45) is 5.11. The number of rotatable bonds is 10. The summed E-state index contributed by atoms with van der Waals surface area (Å²) in [7, 11) is 1.39. The molecule has 0 saturated carbocycles. The van der Waals surface area contributed by atoms with Crippen LogP contribution in [-0.2, 0) is 9.53 Å². The quantitative estimate of drug-likeness (QED) is 0.662. The van der Waals surface area contributed by atoms with E-state index in [9.17, 15) is 4.79 Å². The maximum atomic E-state index is 11.0. The second-order valence-electron chi connectivity index (χ2n) is 4.79. The number of carbonyl (C=O) groups is 1. The Balaban J connectivity index is 2.37. The smallest absolute Gasteiger partial charge is 0.337 e. The highest BCUT2D eigenvalue weighted by Gasteiger charge is 2.18. The van der Waals surface area contributed by atoms with Gasteiger partial charge in [-0.05, 0) is 24.1 Å². The molecule has 4 nitrogen and oxygen atoms in total. The van der Waals surface area contributed by atoms with E-state index in [1.54, 1.807) is 24.3 Å². The monoisotopic (exact) mass is 280 g/mol. The van der Waals surface area contributed by atoms with Crippen LogP contribution in [0.5, 0.6) is 5.75 Å². The molecule has 4 heteroatoms. The second kappa shape index (κ2) is 9.37. The van der Waals surface area contributed by atoms with E-state index in [1.165, 1.54) is 32.8 Å². The zero-order valence-corrected chi connectivity index (χ0v) is 12.3. The van der Waals surface area contributed by atoms with Crippen molar-refractivity contribution in [3.8, 4) is 5.75 Å². The highest BCUT2D eigenvalue weighted by molar-refractivity contribution is 5.74. The fraction of sp³-hybridized carbons (Fsp3) is 0.562. The minimum atomic E-state index is -0.989. The lowest BCUT2D eigenvalue weighted by atomic mass is 10.1. The first kappa shape index (κ1) is 16.5. The molecule has 0 amide bonds. The fourth-order valence-electron chi connectivity index (χ4n) is 2.01. The zero-order valence-electron chi connectivity index (χ0n) is 12.3. The molecule has 0 aliphatic carbocycles. The van der Waals surface area contributed by atoms with Gasteiger partial charge in [0.25, 0.3) is 0 Å². The maximum absolute atomic E-state index is 11.0. The highest BCUT2D eigenvalue weighted by Crippen LogP contribution is 2.20. The summed E-state index contributed by atoms with van der Waals surface area (Å²) in [6.45, 7) is 2.90. The van der Waals surface area contributed by atoms with Crippen molar-refractivity contribution in [2.24, 2.45) is 0 Å². The van der Waals surface area contributed by atoms with E-state index in [0.29, 0.717) is 12.2 Å². The van der Waals surface area contributed by atoms with E-state index in [4.69, 9.17) is 14.6 Å². The third-order valence-electron chi connectivity index (χ3n) is 3.16. The van der Waals surface area contributed by atoms with Crippen LogP contribution in [0.25, 0.3) is 0 Å². The summed E-state index contributed by atoms with van der Waals surface area (Å²) >= 11 is 0. The molecule has 0 aliphatic heterocycles. The van der Waals surface area contributed by atoms with Crippen molar-refractivity contribution in [3.63, 3.8) is 0 Å². The first-order chi connectivity index (χ1) is 9.69. The summed E-state index contributed by atoms with van der Waals surface area (Å²) in [5.74, 6) is -0.221. The Labute approximate surface area is 120 Å². The minimum absolute atomic E-state index is 0.621. The minimum Gasteiger partial charge on any atom is -0.494 e. The molecule has 0 saturated heterocycles. The SMILES string of the molecule is CCCCCCCOc1ccc(C(OC)C(=O)O)cc1. The van der Waals surface area contributed by atoms with Gasteiger partial charge in [0.05, 0.1) is 6.61 Å². The first-order valence-corrected chi connectivity index (χ1v) is 7.17. The van der Waals surface area contributed by atoms with Crippen molar-refractivity contribution in [1.29, 1.82) is 0 Å². The third kappa shape index (κ3) is 5.61. The molecule has 0 aliphatic rings. The normalized spacial score (nSPS) is 12.1. The molecule has 112 valence electrons. The average Bonchev–Trinajstić information content (AvgIpc) is 2.44. The molecule has 0 heterocycles. The topological polar surface area (TPSA) is 55.8 Å². The number of unbranched alkanes of at least 4 members (excludes halogenated alkanes) is 4. The van der Waals surface area contributed by atoms with Gasteiger partial charge in [0.1, 0.15) is 5.75 Å². The van der Waals surface area contributed by atoms with Gasteiger partial charge in [-0.1, -0.05) is 44.7 Å². The number of hydrogen-bond acceptors (Lipinski definition) is 3. The third-order valence-corrected chi connectivity index (χ3v) is 3.16. The molecule has 1 aromatic carbocycles. The molecule has 20 heavy (non-hydrogen) atoms. The Hall–Kier alpha value is -1.55. The number of carboxylic acids is 1. The molecule has 1 N–H and O–H groups in total. The van der Waals surface area contributed by atoms with Crippen molar-refractivity contribution in [3.05, 3.63) is 29.8 Å². The van der Waals surface area contributed by atoms with E-state index in [-0.39, 0.29) is 0 Å². The number of carboxylic acid groups (broad SMARTS) is 1. The largest absolute Gasteiger partial charge is 0.494 e. The van der Waals surface area contributed by atoms with Crippen LogP contribution in [0, 0.1) is 0 Å². The second-order valence-corrected chi connectivity index (χ2v) is 4.79. The Bertz CT molecular complexity index is 386. The van der Waals surface area contributed by atoms with Crippen molar-refractivity contribution in [2.75, 3.05) is 13.7 Å². The molecule has 0 fully saturated rings. The summed E-state index contributed by atoms with van der Waals surface area (Å²) < 4.78 is 10.6. The van der Waals surface area contributed by atoms with Crippen molar-refractivity contribution in [1.82, 2.24) is 0 Å². The molecule has 0 bridgehead atoms. The molecule has 0 aromatic heterocycles. The van der Waals surface area contributed by atoms with Crippen LogP contribution in [0.4, 0.5) is 0 Å². The Morgan fingerprint density at radius 2 is 1.80 bits per heavy atom. The molecule has 1 rings (SSSR count). The van der Waals surface area contributed by atoms with Gasteiger partial charge in [-0.25, -0.2) is 4.79 Å². The van der Waals surface area contributed by atoms with Gasteiger partial charge in [-0.3, -0.25) is 0 Å². The Morgan fingerprint density at radius 1 is 1.15 bits per heavy atom. The Kier molecular flexibility index (Phi) is 7.73. The summed E-state index contributed by atoms with van der Waals surface area (Å²) in [4.78, 5) is 11.0.